The summed E-state index contributed by atoms with van der Waals surface area (Å²) in [6.07, 6.45) is 0. The average Bonchev–Trinajstić information content (AvgIpc) is 2.48. The molecule has 2 heterocycles. The van der Waals surface area contributed by atoms with Crippen LogP contribution in [0, 0.1) is 0 Å². The number of rotatable bonds is 4. The lowest BCUT2D eigenvalue weighted by Crippen LogP contribution is -2.07. The lowest BCUT2D eigenvalue weighted by Gasteiger charge is -2.05. The minimum atomic E-state index is -0.438. The fraction of sp³-hybridized carbons (Fsp3) is 0.214. The van der Waals surface area contributed by atoms with Gasteiger partial charge in [0.1, 0.15) is 5.69 Å². The van der Waals surface area contributed by atoms with Crippen LogP contribution in [0.5, 0.6) is 5.88 Å². The summed E-state index contributed by atoms with van der Waals surface area (Å²) < 4.78 is 9.98. The summed E-state index contributed by atoms with van der Waals surface area (Å²) in [5.74, 6) is 0.0630. The molecule has 0 bridgehead atoms. The lowest BCUT2D eigenvalue weighted by molar-refractivity contribution is 0.0519. The molecule has 0 aliphatic heterocycles. The zero-order valence-corrected chi connectivity index (χ0v) is 10.8. The van der Waals surface area contributed by atoms with Crippen molar-refractivity contribution in [2.75, 3.05) is 13.7 Å². The second-order valence-electron chi connectivity index (χ2n) is 3.69. The molecule has 2 rings (SSSR count). The Bertz CT molecular complexity index is 584. The molecule has 0 amide bonds. The maximum absolute atomic E-state index is 11.6. The van der Waals surface area contributed by atoms with Gasteiger partial charge >= 0.3 is 5.97 Å². The Kier molecular flexibility index (Phi) is 4.07. The van der Waals surface area contributed by atoms with E-state index in [-0.39, 0.29) is 5.69 Å². The molecule has 2 aromatic heterocycles. The van der Waals surface area contributed by atoms with Gasteiger partial charge in [0.05, 0.1) is 25.1 Å². The fourth-order valence-corrected chi connectivity index (χ4v) is 1.57. The molecular formula is C14H14N2O3. The topological polar surface area (TPSA) is 61.3 Å². The van der Waals surface area contributed by atoms with Crippen molar-refractivity contribution in [1.29, 1.82) is 0 Å². The van der Waals surface area contributed by atoms with Gasteiger partial charge in [0.25, 0.3) is 0 Å². The summed E-state index contributed by atoms with van der Waals surface area (Å²) in [6.45, 7) is 2.08. The molecule has 98 valence electrons. The lowest BCUT2D eigenvalue weighted by atomic mass is 10.2. The van der Waals surface area contributed by atoms with E-state index in [2.05, 4.69) is 9.97 Å². The van der Waals surface area contributed by atoms with Crippen molar-refractivity contribution in [1.82, 2.24) is 9.97 Å². The zero-order valence-electron chi connectivity index (χ0n) is 10.8. The van der Waals surface area contributed by atoms with E-state index in [0.29, 0.717) is 23.9 Å². The van der Waals surface area contributed by atoms with E-state index < -0.39 is 5.97 Å². The number of ether oxygens (including phenoxy) is 2. The van der Waals surface area contributed by atoms with E-state index in [1.807, 2.05) is 6.07 Å². The first-order valence-corrected chi connectivity index (χ1v) is 5.90. The van der Waals surface area contributed by atoms with Crippen LogP contribution in [-0.4, -0.2) is 29.7 Å². The van der Waals surface area contributed by atoms with Crippen molar-refractivity contribution in [2.45, 2.75) is 6.92 Å². The van der Waals surface area contributed by atoms with Crippen LogP contribution in [0.1, 0.15) is 17.4 Å². The molecule has 5 nitrogen and oxygen atoms in total. The highest BCUT2D eigenvalue weighted by atomic mass is 16.5. The average molecular weight is 258 g/mol. The van der Waals surface area contributed by atoms with E-state index in [0.717, 1.165) is 0 Å². The molecule has 2 aromatic rings. The summed E-state index contributed by atoms with van der Waals surface area (Å²) in [5, 5.41) is 0. The van der Waals surface area contributed by atoms with Gasteiger partial charge in [-0.15, -0.1) is 0 Å². The number of hydrogen-bond acceptors (Lipinski definition) is 5. The Morgan fingerprint density at radius 1 is 1.11 bits per heavy atom. The molecule has 0 saturated carbocycles. The van der Waals surface area contributed by atoms with Crippen LogP contribution in [0.3, 0.4) is 0 Å². The first-order valence-electron chi connectivity index (χ1n) is 5.90. The number of carbonyl (C=O) groups is 1. The highest BCUT2D eigenvalue weighted by Crippen LogP contribution is 2.18. The molecule has 0 aromatic carbocycles. The number of aromatic nitrogens is 2. The van der Waals surface area contributed by atoms with Gasteiger partial charge in [-0.25, -0.2) is 14.8 Å². The predicted octanol–water partition coefficient (Wildman–Crippen LogP) is 2.33. The van der Waals surface area contributed by atoms with Crippen molar-refractivity contribution >= 4 is 5.97 Å². The molecular weight excluding hydrogens is 244 g/mol. The molecule has 0 aliphatic carbocycles. The normalized spacial score (nSPS) is 10.0. The first-order chi connectivity index (χ1) is 9.24. The maximum Gasteiger partial charge on any atom is 0.356 e. The number of methoxy groups -OCH3 is 1. The molecule has 0 radical (unpaired) electrons. The van der Waals surface area contributed by atoms with Gasteiger partial charge in [0, 0.05) is 6.07 Å². The fourth-order valence-electron chi connectivity index (χ4n) is 1.57. The first kappa shape index (κ1) is 13.0. The predicted molar refractivity (Wildman–Crippen MR) is 70.0 cm³/mol. The molecule has 0 unspecified atom stereocenters. The van der Waals surface area contributed by atoms with Crippen LogP contribution < -0.4 is 4.74 Å². The Morgan fingerprint density at radius 3 is 2.47 bits per heavy atom. The van der Waals surface area contributed by atoms with Gasteiger partial charge in [-0.1, -0.05) is 12.1 Å². The van der Waals surface area contributed by atoms with Crippen LogP contribution in [0.15, 0.2) is 36.4 Å². The molecule has 0 fully saturated rings. The Morgan fingerprint density at radius 2 is 1.79 bits per heavy atom. The van der Waals surface area contributed by atoms with Gasteiger partial charge in [0.2, 0.25) is 5.88 Å². The summed E-state index contributed by atoms with van der Waals surface area (Å²) in [5.41, 5.74) is 1.51. The third kappa shape index (κ3) is 3.07. The highest BCUT2D eigenvalue weighted by molar-refractivity contribution is 5.87. The van der Waals surface area contributed by atoms with Gasteiger partial charge in [-0.2, -0.15) is 0 Å². The van der Waals surface area contributed by atoms with Crippen molar-refractivity contribution in [3.05, 3.63) is 42.1 Å². The number of esters is 1. The molecule has 5 heteroatoms. The van der Waals surface area contributed by atoms with E-state index in [4.69, 9.17) is 9.47 Å². The SMILES string of the molecule is CCOC(=O)c1cccc(-c2cccc(OC)n2)n1. The second-order valence-corrected chi connectivity index (χ2v) is 3.69. The van der Waals surface area contributed by atoms with Crippen LogP contribution >= 0.6 is 0 Å². The van der Waals surface area contributed by atoms with Crippen molar-refractivity contribution in [2.24, 2.45) is 0 Å². The molecule has 0 atom stereocenters. The van der Waals surface area contributed by atoms with Crippen LogP contribution in [0.25, 0.3) is 11.4 Å². The summed E-state index contributed by atoms with van der Waals surface area (Å²) in [4.78, 5) is 20.1. The van der Waals surface area contributed by atoms with Crippen molar-refractivity contribution in [3.8, 4) is 17.3 Å². The number of carbonyl (C=O) groups excluding carboxylic acids is 1. The number of hydrogen-bond donors (Lipinski definition) is 0. The minimum Gasteiger partial charge on any atom is -0.481 e. The molecule has 0 N–H and O–H groups in total. The van der Waals surface area contributed by atoms with Gasteiger partial charge < -0.3 is 9.47 Å². The van der Waals surface area contributed by atoms with E-state index in [9.17, 15) is 4.79 Å². The number of nitrogens with zero attached hydrogens (tertiary/aromatic N) is 2. The van der Waals surface area contributed by atoms with Crippen LogP contribution in [-0.2, 0) is 4.74 Å². The smallest absolute Gasteiger partial charge is 0.356 e. The monoisotopic (exact) mass is 258 g/mol. The maximum atomic E-state index is 11.6. The summed E-state index contributed by atoms with van der Waals surface area (Å²) >= 11 is 0. The molecule has 0 saturated heterocycles. The zero-order chi connectivity index (χ0) is 13.7. The van der Waals surface area contributed by atoms with Crippen molar-refractivity contribution < 1.29 is 14.3 Å². The Labute approximate surface area is 111 Å². The minimum absolute atomic E-state index is 0.268. The Balaban J connectivity index is 2.34. The number of pyridine rings is 2. The third-order valence-corrected chi connectivity index (χ3v) is 2.43. The molecule has 0 aliphatic rings. The Hall–Kier alpha value is -2.43. The quantitative estimate of drug-likeness (QED) is 0.788. The van der Waals surface area contributed by atoms with E-state index in [1.165, 1.54) is 0 Å². The van der Waals surface area contributed by atoms with E-state index >= 15 is 0 Å². The van der Waals surface area contributed by atoms with Gasteiger partial charge in [-0.05, 0) is 25.1 Å². The molecule has 19 heavy (non-hydrogen) atoms. The summed E-state index contributed by atoms with van der Waals surface area (Å²) in [6, 6.07) is 10.5. The van der Waals surface area contributed by atoms with Gasteiger partial charge in [0.15, 0.2) is 0 Å². The standard InChI is InChI=1S/C14H14N2O3/c1-3-19-14(17)12-8-4-6-10(15-12)11-7-5-9-13(16-11)18-2/h4-9H,3H2,1-2H3. The second kappa shape index (κ2) is 5.95. The largest absolute Gasteiger partial charge is 0.481 e. The molecule has 0 spiro atoms. The van der Waals surface area contributed by atoms with Crippen LogP contribution in [0.4, 0.5) is 0 Å². The van der Waals surface area contributed by atoms with Crippen LogP contribution in [0.2, 0.25) is 0 Å². The third-order valence-electron chi connectivity index (χ3n) is 2.43. The summed E-state index contributed by atoms with van der Waals surface area (Å²) in [7, 11) is 1.55. The highest BCUT2D eigenvalue weighted by Gasteiger charge is 2.10. The van der Waals surface area contributed by atoms with Crippen molar-refractivity contribution in [3.63, 3.8) is 0 Å². The van der Waals surface area contributed by atoms with Gasteiger partial charge in [-0.3, -0.25) is 0 Å². The van der Waals surface area contributed by atoms with E-state index in [1.54, 1.807) is 44.4 Å².